The molecule has 1 rings (SSSR count). The van der Waals surface area contributed by atoms with Gasteiger partial charge in [-0.15, -0.1) is 0 Å². The maximum atomic E-state index is 10.6. The second-order valence-electron chi connectivity index (χ2n) is 4.14. The van der Waals surface area contributed by atoms with E-state index in [1.165, 1.54) is 0 Å². The monoisotopic (exact) mass is 296 g/mol. The fraction of sp³-hybridized carbons (Fsp3) is 0.400. The van der Waals surface area contributed by atoms with Crippen LogP contribution in [-0.2, 0) is 15.3 Å². The van der Waals surface area contributed by atoms with Crippen LogP contribution < -0.4 is 4.74 Å². The van der Waals surface area contributed by atoms with Gasteiger partial charge in [-0.25, -0.2) is 4.79 Å². The first-order valence-corrected chi connectivity index (χ1v) is 7.47. The predicted octanol–water partition coefficient (Wildman–Crippen LogP) is 3.06. The highest BCUT2D eigenvalue weighted by atomic mass is 32.2. The van der Waals surface area contributed by atoms with Crippen LogP contribution >= 0.6 is 11.8 Å². The van der Waals surface area contributed by atoms with Crippen molar-refractivity contribution in [2.24, 2.45) is 0 Å². The minimum absolute atomic E-state index is 0.761. The van der Waals surface area contributed by atoms with Gasteiger partial charge in [-0.3, -0.25) is 0 Å². The topological polar surface area (TPSA) is 55.8 Å². The van der Waals surface area contributed by atoms with Crippen LogP contribution in [0.2, 0.25) is 0 Å². The molecule has 0 aromatic heterocycles. The molecule has 20 heavy (non-hydrogen) atoms. The van der Waals surface area contributed by atoms with Crippen LogP contribution in [0.15, 0.2) is 24.3 Å². The largest absolute Gasteiger partial charge is 0.497 e. The van der Waals surface area contributed by atoms with Gasteiger partial charge in [-0.1, -0.05) is 6.07 Å². The molecular formula is C15H20O4S. The predicted molar refractivity (Wildman–Crippen MR) is 82.3 cm³/mol. The number of carboxylic acids is 1. The van der Waals surface area contributed by atoms with Gasteiger partial charge in [-0.2, -0.15) is 11.8 Å². The Balaban J connectivity index is 2.70. The summed E-state index contributed by atoms with van der Waals surface area (Å²) >= 11 is 1.80. The lowest BCUT2D eigenvalue weighted by atomic mass is 10.1. The normalized spacial score (nSPS) is 10.9. The Labute approximate surface area is 123 Å². The summed E-state index contributed by atoms with van der Waals surface area (Å²) < 4.78 is 10.2. The highest BCUT2D eigenvalue weighted by Crippen LogP contribution is 2.23. The summed E-state index contributed by atoms with van der Waals surface area (Å²) in [6.45, 7) is 0.761. The number of methoxy groups -OCH3 is 2. The average Bonchev–Trinajstić information content (AvgIpc) is 2.45. The number of hydrogen-bond acceptors (Lipinski definition) is 4. The van der Waals surface area contributed by atoms with E-state index in [0.29, 0.717) is 0 Å². The van der Waals surface area contributed by atoms with E-state index < -0.39 is 5.97 Å². The Hall–Kier alpha value is -1.46. The number of hydrogen-bond donors (Lipinski definition) is 1. The molecule has 0 aliphatic carbocycles. The minimum Gasteiger partial charge on any atom is -0.497 e. The lowest BCUT2D eigenvalue weighted by molar-refractivity contribution is -0.131. The van der Waals surface area contributed by atoms with Crippen LogP contribution in [0, 0.1) is 0 Å². The molecule has 5 heteroatoms. The smallest absolute Gasteiger partial charge is 0.328 e. The molecule has 4 nitrogen and oxygen atoms in total. The van der Waals surface area contributed by atoms with E-state index >= 15 is 0 Å². The fourth-order valence-corrected chi connectivity index (χ4v) is 2.58. The van der Waals surface area contributed by atoms with Crippen molar-refractivity contribution >= 4 is 23.8 Å². The molecule has 1 aromatic carbocycles. The molecule has 0 saturated heterocycles. The molecule has 0 atom stereocenters. The minimum atomic E-state index is -0.945. The molecule has 0 aliphatic rings. The van der Waals surface area contributed by atoms with Crippen LogP contribution in [0.3, 0.4) is 0 Å². The molecule has 0 heterocycles. The van der Waals surface area contributed by atoms with Crippen molar-refractivity contribution in [3.05, 3.63) is 35.4 Å². The van der Waals surface area contributed by atoms with Crippen LogP contribution in [-0.4, -0.2) is 37.7 Å². The highest BCUT2D eigenvalue weighted by Gasteiger charge is 2.03. The van der Waals surface area contributed by atoms with E-state index in [9.17, 15) is 4.79 Å². The fourth-order valence-electron chi connectivity index (χ4n) is 1.65. The van der Waals surface area contributed by atoms with Gasteiger partial charge in [0.25, 0.3) is 0 Å². The van der Waals surface area contributed by atoms with Crippen LogP contribution in [0.25, 0.3) is 6.08 Å². The maximum Gasteiger partial charge on any atom is 0.328 e. The van der Waals surface area contributed by atoms with E-state index in [1.54, 1.807) is 32.1 Å². The summed E-state index contributed by atoms with van der Waals surface area (Å²) in [5, 5.41) is 8.71. The molecule has 1 N–H and O–H groups in total. The van der Waals surface area contributed by atoms with Gasteiger partial charge in [0, 0.05) is 25.5 Å². The SMILES string of the molecule is COCCCSCc1cc(OC)ccc1C=CC(=O)O. The first kappa shape index (κ1) is 16.6. The zero-order valence-corrected chi connectivity index (χ0v) is 12.6. The molecule has 0 radical (unpaired) electrons. The Bertz CT molecular complexity index is 457. The third kappa shape index (κ3) is 6.12. The average molecular weight is 296 g/mol. The van der Waals surface area contributed by atoms with Crippen molar-refractivity contribution < 1.29 is 19.4 Å². The van der Waals surface area contributed by atoms with Gasteiger partial charge in [0.05, 0.1) is 7.11 Å². The molecule has 0 bridgehead atoms. The van der Waals surface area contributed by atoms with Crippen molar-refractivity contribution in [2.45, 2.75) is 12.2 Å². The van der Waals surface area contributed by atoms with Crippen LogP contribution in [0.1, 0.15) is 17.5 Å². The third-order valence-electron chi connectivity index (χ3n) is 2.65. The molecule has 110 valence electrons. The van der Waals surface area contributed by atoms with Crippen molar-refractivity contribution in [1.82, 2.24) is 0 Å². The van der Waals surface area contributed by atoms with Gasteiger partial charge in [0.2, 0.25) is 0 Å². The maximum absolute atomic E-state index is 10.6. The summed E-state index contributed by atoms with van der Waals surface area (Å²) in [4.78, 5) is 10.6. The highest BCUT2D eigenvalue weighted by molar-refractivity contribution is 7.98. The van der Waals surface area contributed by atoms with E-state index in [4.69, 9.17) is 14.6 Å². The van der Waals surface area contributed by atoms with Gasteiger partial charge < -0.3 is 14.6 Å². The zero-order chi connectivity index (χ0) is 14.8. The van der Waals surface area contributed by atoms with Gasteiger partial charge >= 0.3 is 5.97 Å². The lowest BCUT2D eigenvalue weighted by Crippen LogP contribution is -1.94. The summed E-state index contributed by atoms with van der Waals surface area (Å²) in [6, 6.07) is 5.66. The Morgan fingerprint density at radius 3 is 2.85 bits per heavy atom. The second-order valence-corrected chi connectivity index (χ2v) is 5.24. The Kier molecular flexibility index (Phi) is 7.84. The number of ether oxygens (including phenoxy) is 2. The summed E-state index contributed by atoms with van der Waals surface area (Å²) in [7, 11) is 3.32. The lowest BCUT2D eigenvalue weighted by Gasteiger charge is -2.09. The van der Waals surface area contributed by atoms with Crippen molar-refractivity contribution in [3.63, 3.8) is 0 Å². The summed E-state index contributed by atoms with van der Waals surface area (Å²) in [5.74, 6) is 1.66. The van der Waals surface area contributed by atoms with Crippen molar-refractivity contribution in [2.75, 3.05) is 26.6 Å². The number of rotatable bonds is 9. The Morgan fingerprint density at radius 2 is 2.20 bits per heavy atom. The molecule has 0 saturated carbocycles. The van der Waals surface area contributed by atoms with Crippen LogP contribution in [0.4, 0.5) is 0 Å². The number of thioether (sulfide) groups is 1. The number of aliphatic carboxylic acids is 1. The molecule has 0 fully saturated rings. The quantitative estimate of drug-likeness (QED) is 0.560. The van der Waals surface area contributed by atoms with E-state index in [2.05, 4.69) is 0 Å². The zero-order valence-electron chi connectivity index (χ0n) is 11.8. The standard InChI is InChI=1S/C15H20O4S/c1-18-8-3-9-20-11-13-10-14(19-2)6-4-12(13)5-7-15(16)17/h4-7,10H,3,8-9,11H2,1-2H3,(H,16,17). The van der Waals surface area contributed by atoms with Crippen molar-refractivity contribution in [1.29, 1.82) is 0 Å². The van der Waals surface area contributed by atoms with E-state index in [0.717, 1.165) is 47.5 Å². The summed E-state index contributed by atoms with van der Waals surface area (Å²) in [5.41, 5.74) is 1.98. The van der Waals surface area contributed by atoms with Crippen molar-refractivity contribution in [3.8, 4) is 5.75 Å². The number of carboxylic acid groups (broad SMARTS) is 1. The number of benzene rings is 1. The van der Waals surface area contributed by atoms with Gasteiger partial charge in [0.1, 0.15) is 5.75 Å². The number of carbonyl (C=O) groups is 1. The first-order chi connectivity index (χ1) is 9.67. The Morgan fingerprint density at radius 1 is 1.40 bits per heavy atom. The first-order valence-electron chi connectivity index (χ1n) is 6.32. The molecular weight excluding hydrogens is 276 g/mol. The van der Waals surface area contributed by atoms with Crippen LogP contribution in [0.5, 0.6) is 5.75 Å². The van der Waals surface area contributed by atoms with Gasteiger partial charge in [0.15, 0.2) is 0 Å². The molecule has 0 aliphatic heterocycles. The molecule has 0 amide bonds. The molecule has 1 aromatic rings. The second kappa shape index (κ2) is 9.44. The third-order valence-corrected chi connectivity index (χ3v) is 3.74. The van der Waals surface area contributed by atoms with E-state index in [1.807, 2.05) is 18.2 Å². The van der Waals surface area contributed by atoms with E-state index in [-0.39, 0.29) is 0 Å². The summed E-state index contributed by atoms with van der Waals surface area (Å²) in [6.07, 6.45) is 3.78. The molecule has 0 spiro atoms. The molecule has 0 unspecified atom stereocenters. The van der Waals surface area contributed by atoms with Gasteiger partial charge in [-0.05, 0) is 41.5 Å².